The molecule has 1 atom stereocenters. The summed E-state index contributed by atoms with van der Waals surface area (Å²) in [5, 5.41) is 12.6. The molecule has 0 aromatic rings. The smallest absolute Gasteiger partial charge is 0.223 e. The molecule has 2 N–H and O–H groups in total. The molecule has 0 heterocycles. The SMILES string of the molecule is COCCC(C)(O)CNC(=O)C1CC1. The van der Waals surface area contributed by atoms with Gasteiger partial charge in [-0.05, 0) is 19.8 Å². The first kappa shape index (κ1) is 11.5. The Bertz CT molecular complexity index is 200. The van der Waals surface area contributed by atoms with Crippen LogP contribution in [0.15, 0.2) is 0 Å². The zero-order valence-electron chi connectivity index (χ0n) is 8.88. The summed E-state index contributed by atoms with van der Waals surface area (Å²) >= 11 is 0. The Morgan fingerprint density at radius 3 is 2.79 bits per heavy atom. The Kier molecular flexibility index (Phi) is 3.89. The molecular formula is C10H19NO3. The minimum Gasteiger partial charge on any atom is -0.388 e. The van der Waals surface area contributed by atoms with E-state index in [-0.39, 0.29) is 11.8 Å². The molecule has 1 rings (SSSR count). The first-order valence-corrected chi connectivity index (χ1v) is 5.04. The van der Waals surface area contributed by atoms with Crippen LogP contribution in [0.25, 0.3) is 0 Å². The van der Waals surface area contributed by atoms with E-state index in [1.54, 1.807) is 14.0 Å². The van der Waals surface area contributed by atoms with Gasteiger partial charge in [0.15, 0.2) is 0 Å². The van der Waals surface area contributed by atoms with Crippen molar-refractivity contribution in [2.75, 3.05) is 20.3 Å². The molecule has 0 saturated heterocycles. The fraction of sp³-hybridized carbons (Fsp3) is 0.900. The monoisotopic (exact) mass is 201 g/mol. The van der Waals surface area contributed by atoms with Crippen LogP contribution in [-0.4, -0.2) is 36.9 Å². The Balaban J connectivity index is 2.16. The maximum atomic E-state index is 11.3. The van der Waals surface area contributed by atoms with Crippen molar-refractivity contribution in [2.24, 2.45) is 5.92 Å². The lowest BCUT2D eigenvalue weighted by Crippen LogP contribution is -2.41. The largest absolute Gasteiger partial charge is 0.388 e. The number of carbonyl (C=O) groups excluding carboxylic acids is 1. The third-order valence-corrected chi connectivity index (χ3v) is 2.44. The van der Waals surface area contributed by atoms with Crippen molar-refractivity contribution in [3.8, 4) is 0 Å². The van der Waals surface area contributed by atoms with Crippen molar-refractivity contribution in [3.05, 3.63) is 0 Å². The normalized spacial score (nSPS) is 20.2. The van der Waals surface area contributed by atoms with E-state index < -0.39 is 5.60 Å². The van der Waals surface area contributed by atoms with Gasteiger partial charge in [0.05, 0.1) is 5.60 Å². The van der Waals surface area contributed by atoms with E-state index in [0.29, 0.717) is 19.6 Å². The van der Waals surface area contributed by atoms with Crippen LogP contribution in [0, 0.1) is 5.92 Å². The number of hydrogen-bond donors (Lipinski definition) is 2. The van der Waals surface area contributed by atoms with Gasteiger partial charge in [0.2, 0.25) is 5.91 Å². The molecule has 1 saturated carbocycles. The van der Waals surface area contributed by atoms with Gasteiger partial charge in [-0.2, -0.15) is 0 Å². The lowest BCUT2D eigenvalue weighted by atomic mass is 10.0. The minimum atomic E-state index is -0.861. The van der Waals surface area contributed by atoms with Crippen LogP contribution in [0.4, 0.5) is 0 Å². The number of rotatable bonds is 6. The highest BCUT2D eigenvalue weighted by Gasteiger charge is 2.31. The molecule has 4 nitrogen and oxygen atoms in total. The average molecular weight is 201 g/mol. The molecule has 82 valence electrons. The first-order chi connectivity index (χ1) is 6.55. The molecule has 1 amide bonds. The second-order valence-electron chi connectivity index (χ2n) is 4.23. The van der Waals surface area contributed by atoms with E-state index in [2.05, 4.69) is 5.32 Å². The van der Waals surface area contributed by atoms with Gasteiger partial charge in [-0.1, -0.05) is 0 Å². The molecular weight excluding hydrogens is 182 g/mol. The molecule has 0 aromatic heterocycles. The molecule has 14 heavy (non-hydrogen) atoms. The highest BCUT2D eigenvalue weighted by atomic mass is 16.5. The number of carbonyl (C=O) groups is 1. The average Bonchev–Trinajstić information content (AvgIpc) is 2.94. The minimum absolute atomic E-state index is 0.0719. The third-order valence-electron chi connectivity index (χ3n) is 2.44. The lowest BCUT2D eigenvalue weighted by Gasteiger charge is -2.23. The van der Waals surface area contributed by atoms with E-state index in [9.17, 15) is 9.90 Å². The number of nitrogens with one attached hydrogen (secondary N) is 1. The van der Waals surface area contributed by atoms with E-state index in [0.717, 1.165) is 12.8 Å². The second kappa shape index (κ2) is 4.75. The number of hydrogen-bond acceptors (Lipinski definition) is 3. The van der Waals surface area contributed by atoms with Crippen LogP contribution in [0.3, 0.4) is 0 Å². The molecule has 4 heteroatoms. The van der Waals surface area contributed by atoms with Crippen molar-refractivity contribution in [1.29, 1.82) is 0 Å². The van der Waals surface area contributed by atoms with Gasteiger partial charge in [0.1, 0.15) is 0 Å². The molecule has 0 bridgehead atoms. The maximum Gasteiger partial charge on any atom is 0.223 e. The van der Waals surface area contributed by atoms with Crippen molar-refractivity contribution >= 4 is 5.91 Å². The van der Waals surface area contributed by atoms with Crippen molar-refractivity contribution in [1.82, 2.24) is 5.32 Å². The van der Waals surface area contributed by atoms with E-state index in [1.807, 2.05) is 0 Å². The van der Waals surface area contributed by atoms with Gasteiger partial charge in [0.25, 0.3) is 0 Å². The first-order valence-electron chi connectivity index (χ1n) is 5.04. The van der Waals surface area contributed by atoms with Gasteiger partial charge < -0.3 is 15.2 Å². The summed E-state index contributed by atoms with van der Waals surface area (Å²) in [6.07, 6.45) is 2.52. The van der Waals surface area contributed by atoms with Crippen LogP contribution in [0.5, 0.6) is 0 Å². The molecule has 1 unspecified atom stereocenters. The Morgan fingerprint density at radius 2 is 2.29 bits per heavy atom. The Labute approximate surface area is 84.6 Å². The quantitative estimate of drug-likeness (QED) is 0.650. The summed E-state index contributed by atoms with van der Waals surface area (Å²) in [6, 6.07) is 0. The summed E-state index contributed by atoms with van der Waals surface area (Å²) in [6.45, 7) is 2.52. The molecule has 0 radical (unpaired) electrons. The van der Waals surface area contributed by atoms with E-state index in [1.165, 1.54) is 0 Å². The van der Waals surface area contributed by atoms with Crippen LogP contribution >= 0.6 is 0 Å². The zero-order valence-corrected chi connectivity index (χ0v) is 8.88. The number of amides is 1. The molecule has 0 aromatic carbocycles. The fourth-order valence-electron chi connectivity index (χ4n) is 1.18. The van der Waals surface area contributed by atoms with Gasteiger partial charge in [-0.3, -0.25) is 4.79 Å². The van der Waals surface area contributed by atoms with Crippen molar-refractivity contribution < 1.29 is 14.6 Å². The van der Waals surface area contributed by atoms with Crippen molar-refractivity contribution in [2.45, 2.75) is 31.8 Å². The maximum absolute atomic E-state index is 11.3. The highest BCUT2D eigenvalue weighted by Crippen LogP contribution is 2.28. The zero-order chi connectivity index (χ0) is 10.6. The lowest BCUT2D eigenvalue weighted by molar-refractivity contribution is -0.123. The van der Waals surface area contributed by atoms with Crippen LogP contribution in [0.2, 0.25) is 0 Å². The number of aliphatic hydroxyl groups is 1. The number of ether oxygens (including phenoxy) is 1. The fourth-order valence-corrected chi connectivity index (χ4v) is 1.18. The Morgan fingerprint density at radius 1 is 1.64 bits per heavy atom. The number of methoxy groups -OCH3 is 1. The van der Waals surface area contributed by atoms with Gasteiger partial charge in [-0.15, -0.1) is 0 Å². The standard InChI is InChI=1S/C10H19NO3/c1-10(13,5-6-14-2)7-11-9(12)8-3-4-8/h8,13H,3-7H2,1-2H3,(H,11,12). The molecule has 1 fully saturated rings. The van der Waals surface area contributed by atoms with Crippen LogP contribution in [0.1, 0.15) is 26.2 Å². The summed E-state index contributed by atoms with van der Waals surface area (Å²) in [7, 11) is 1.60. The van der Waals surface area contributed by atoms with E-state index >= 15 is 0 Å². The summed E-state index contributed by atoms with van der Waals surface area (Å²) in [5.41, 5.74) is -0.861. The van der Waals surface area contributed by atoms with Gasteiger partial charge in [0, 0.05) is 32.6 Å². The van der Waals surface area contributed by atoms with Crippen molar-refractivity contribution in [3.63, 3.8) is 0 Å². The summed E-state index contributed by atoms with van der Waals surface area (Å²) in [5.74, 6) is 0.274. The third kappa shape index (κ3) is 4.07. The van der Waals surface area contributed by atoms with E-state index in [4.69, 9.17) is 4.74 Å². The topological polar surface area (TPSA) is 58.6 Å². The molecule has 0 spiro atoms. The van der Waals surface area contributed by atoms with Gasteiger partial charge in [-0.25, -0.2) is 0 Å². The Hall–Kier alpha value is -0.610. The molecule has 0 aliphatic heterocycles. The van der Waals surface area contributed by atoms with Crippen LogP contribution in [-0.2, 0) is 9.53 Å². The molecule has 1 aliphatic rings. The summed E-state index contributed by atoms with van der Waals surface area (Å²) < 4.78 is 4.87. The predicted octanol–water partition coefficient (Wildman–Crippen LogP) is 0.300. The second-order valence-corrected chi connectivity index (χ2v) is 4.23. The highest BCUT2D eigenvalue weighted by molar-refractivity contribution is 5.80. The summed E-state index contributed by atoms with van der Waals surface area (Å²) in [4.78, 5) is 11.3. The van der Waals surface area contributed by atoms with Crippen LogP contribution < -0.4 is 5.32 Å². The van der Waals surface area contributed by atoms with Gasteiger partial charge >= 0.3 is 0 Å². The molecule has 1 aliphatic carbocycles. The predicted molar refractivity (Wildman–Crippen MR) is 52.9 cm³/mol.